The van der Waals surface area contributed by atoms with Gasteiger partial charge in [0.2, 0.25) is 0 Å². The van der Waals surface area contributed by atoms with Gasteiger partial charge < -0.3 is 5.32 Å². The summed E-state index contributed by atoms with van der Waals surface area (Å²) >= 11 is 12.3. The summed E-state index contributed by atoms with van der Waals surface area (Å²) in [6.45, 7) is 0. The van der Waals surface area contributed by atoms with Crippen molar-refractivity contribution in [2.24, 2.45) is 7.05 Å². The highest BCUT2D eigenvalue weighted by Gasteiger charge is 2.13. The molecule has 1 atom stereocenters. The summed E-state index contributed by atoms with van der Waals surface area (Å²) in [5, 5.41) is 8.92. The maximum Gasteiger partial charge on any atom is 0.0521 e. The molecular weight excluding hydrogens is 281 g/mol. The first kappa shape index (κ1) is 14.4. The van der Waals surface area contributed by atoms with Gasteiger partial charge in [-0.1, -0.05) is 23.2 Å². The topological polar surface area (TPSA) is 29.9 Å². The van der Waals surface area contributed by atoms with Crippen molar-refractivity contribution in [2.45, 2.75) is 18.9 Å². The molecule has 2 rings (SSSR count). The fourth-order valence-corrected chi connectivity index (χ4v) is 2.58. The first-order valence-corrected chi connectivity index (χ1v) is 6.95. The van der Waals surface area contributed by atoms with E-state index in [4.69, 9.17) is 23.2 Å². The molecule has 1 heterocycles. The Morgan fingerprint density at radius 1 is 1.37 bits per heavy atom. The zero-order valence-corrected chi connectivity index (χ0v) is 12.5. The third-order valence-corrected chi connectivity index (χ3v) is 3.74. The summed E-state index contributed by atoms with van der Waals surface area (Å²) in [5.41, 5.74) is 2.27. The van der Waals surface area contributed by atoms with Gasteiger partial charge in [-0.15, -0.1) is 0 Å². The molecule has 0 spiro atoms. The molecule has 0 radical (unpaired) electrons. The van der Waals surface area contributed by atoms with Gasteiger partial charge in [-0.3, -0.25) is 4.68 Å². The maximum atomic E-state index is 6.24. The van der Waals surface area contributed by atoms with Crippen LogP contribution in [-0.2, 0) is 13.5 Å². The Labute approximate surface area is 123 Å². The number of hydrogen-bond acceptors (Lipinski definition) is 2. The van der Waals surface area contributed by atoms with Crippen LogP contribution in [0.15, 0.2) is 30.6 Å². The van der Waals surface area contributed by atoms with Crippen LogP contribution in [0.2, 0.25) is 10.0 Å². The molecule has 3 nitrogen and oxygen atoms in total. The van der Waals surface area contributed by atoms with E-state index in [1.807, 2.05) is 43.3 Å². The van der Waals surface area contributed by atoms with Crippen molar-refractivity contribution in [2.75, 3.05) is 7.05 Å². The van der Waals surface area contributed by atoms with E-state index < -0.39 is 0 Å². The van der Waals surface area contributed by atoms with Gasteiger partial charge in [0, 0.05) is 29.3 Å². The van der Waals surface area contributed by atoms with Crippen LogP contribution >= 0.6 is 23.2 Å². The summed E-state index contributed by atoms with van der Waals surface area (Å²) in [6, 6.07) is 5.76. The highest BCUT2D eigenvalue weighted by atomic mass is 35.5. The zero-order chi connectivity index (χ0) is 13.8. The Morgan fingerprint density at radius 3 is 2.79 bits per heavy atom. The smallest absolute Gasteiger partial charge is 0.0521 e. The fraction of sp³-hybridized carbons (Fsp3) is 0.357. The van der Waals surface area contributed by atoms with Gasteiger partial charge in [-0.05, 0) is 49.2 Å². The van der Waals surface area contributed by atoms with Gasteiger partial charge in [0.15, 0.2) is 0 Å². The fourth-order valence-electron chi connectivity index (χ4n) is 2.15. The second kappa shape index (κ2) is 6.42. The summed E-state index contributed by atoms with van der Waals surface area (Å²) in [6.07, 6.45) is 5.82. The molecule has 2 aromatic rings. The SMILES string of the molecule is CNC(CCc1cnn(C)c1)c1cc(Cl)ccc1Cl. The van der Waals surface area contributed by atoms with E-state index >= 15 is 0 Å². The maximum absolute atomic E-state index is 6.24. The minimum Gasteiger partial charge on any atom is -0.313 e. The first-order chi connectivity index (χ1) is 9.10. The van der Waals surface area contributed by atoms with E-state index in [2.05, 4.69) is 10.4 Å². The van der Waals surface area contributed by atoms with Crippen molar-refractivity contribution in [1.82, 2.24) is 15.1 Å². The quantitative estimate of drug-likeness (QED) is 0.913. The number of nitrogens with one attached hydrogen (secondary N) is 1. The molecule has 1 N–H and O–H groups in total. The Bertz CT molecular complexity index is 551. The average molecular weight is 298 g/mol. The first-order valence-electron chi connectivity index (χ1n) is 6.20. The number of hydrogen-bond donors (Lipinski definition) is 1. The highest BCUT2D eigenvalue weighted by molar-refractivity contribution is 6.33. The molecule has 0 aliphatic heterocycles. The molecule has 19 heavy (non-hydrogen) atoms. The second-order valence-electron chi connectivity index (χ2n) is 4.57. The molecule has 0 saturated carbocycles. The lowest BCUT2D eigenvalue weighted by molar-refractivity contribution is 0.549. The van der Waals surface area contributed by atoms with Gasteiger partial charge >= 0.3 is 0 Å². The average Bonchev–Trinajstić information content (AvgIpc) is 2.80. The molecule has 5 heteroatoms. The van der Waals surface area contributed by atoms with E-state index in [0.717, 1.165) is 23.4 Å². The molecule has 1 unspecified atom stereocenters. The van der Waals surface area contributed by atoms with Crippen LogP contribution in [0.3, 0.4) is 0 Å². The lowest BCUT2D eigenvalue weighted by Gasteiger charge is -2.18. The van der Waals surface area contributed by atoms with Crippen LogP contribution in [0.1, 0.15) is 23.6 Å². The van der Waals surface area contributed by atoms with Crippen LogP contribution in [0.4, 0.5) is 0 Å². The van der Waals surface area contributed by atoms with E-state index in [-0.39, 0.29) is 6.04 Å². The van der Waals surface area contributed by atoms with Crippen molar-refractivity contribution in [3.8, 4) is 0 Å². The molecule has 1 aromatic carbocycles. The van der Waals surface area contributed by atoms with Crippen molar-refractivity contribution in [3.05, 3.63) is 51.8 Å². The van der Waals surface area contributed by atoms with Gasteiger partial charge in [0.1, 0.15) is 0 Å². The molecule has 0 aliphatic carbocycles. The number of benzene rings is 1. The number of rotatable bonds is 5. The van der Waals surface area contributed by atoms with Crippen LogP contribution in [0.5, 0.6) is 0 Å². The Kier molecular flexibility index (Phi) is 4.86. The van der Waals surface area contributed by atoms with Gasteiger partial charge in [0.05, 0.1) is 6.20 Å². The molecule has 0 fully saturated rings. The van der Waals surface area contributed by atoms with E-state index in [1.165, 1.54) is 5.56 Å². The normalized spacial score (nSPS) is 12.6. The molecule has 0 saturated heterocycles. The Balaban J connectivity index is 2.09. The third kappa shape index (κ3) is 3.72. The summed E-state index contributed by atoms with van der Waals surface area (Å²) in [7, 11) is 3.86. The minimum absolute atomic E-state index is 0.186. The number of aryl methyl sites for hydroxylation is 2. The second-order valence-corrected chi connectivity index (χ2v) is 5.41. The molecular formula is C14H17Cl2N3. The van der Waals surface area contributed by atoms with Crippen molar-refractivity contribution in [3.63, 3.8) is 0 Å². The third-order valence-electron chi connectivity index (χ3n) is 3.16. The molecule has 0 aliphatic rings. The van der Waals surface area contributed by atoms with Crippen molar-refractivity contribution < 1.29 is 0 Å². The van der Waals surface area contributed by atoms with Gasteiger partial charge in [-0.2, -0.15) is 5.10 Å². The molecule has 0 amide bonds. The lowest BCUT2D eigenvalue weighted by Crippen LogP contribution is -2.17. The Hall–Kier alpha value is -1.03. The predicted octanol–water partition coefficient (Wildman–Crippen LogP) is 3.62. The monoisotopic (exact) mass is 297 g/mol. The number of halogens is 2. The van der Waals surface area contributed by atoms with Crippen LogP contribution in [-0.4, -0.2) is 16.8 Å². The minimum atomic E-state index is 0.186. The van der Waals surface area contributed by atoms with E-state index in [1.54, 1.807) is 6.07 Å². The highest BCUT2D eigenvalue weighted by Crippen LogP contribution is 2.28. The molecule has 102 valence electrons. The van der Waals surface area contributed by atoms with Gasteiger partial charge in [0.25, 0.3) is 0 Å². The van der Waals surface area contributed by atoms with Crippen LogP contribution < -0.4 is 5.32 Å². The summed E-state index contributed by atoms with van der Waals surface area (Å²) in [4.78, 5) is 0. The standard InChI is InChI=1S/C14H17Cl2N3/c1-17-14(6-3-10-8-18-19(2)9-10)12-7-11(15)4-5-13(12)16/h4-5,7-9,14,17H,3,6H2,1-2H3. The van der Waals surface area contributed by atoms with E-state index in [9.17, 15) is 0 Å². The lowest BCUT2D eigenvalue weighted by atomic mass is 10.0. The van der Waals surface area contributed by atoms with Gasteiger partial charge in [-0.25, -0.2) is 0 Å². The zero-order valence-electron chi connectivity index (χ0n) is 11.0. The predicted molar refractivity (Wildman–Crippen MR) is 79.8 cm³/mol. The van der Waals surface area contributed by atoms with Crippen LogP contribution in [0, 0.1) is 0 Å². The van der Waals surface area contributed by atoms with Crippen LogP contribution in [0.25, 0.3) is 0 Å². The molecule has 0 bridgehead atoms. The van der Waals surface area contributed by atoms with E-state index in [0.29, 0.717) is 5.02 Å². The van der Waals surface area contributed by atoms with Crippen molar-refractivity contribution in [1.29, 1.82) is 0 Å². The summed E-state index contributed by atoms with van der Waals surface area (Å²) < 4.78 is 1.82. The van der Waals surface area contributed by atoms with Crippen molar-refractivity contribution >= 4 is 23.2 Å². The molecule has 1 aromatic heterocycles. The Morgan fingerprint density at radius 2 is 2.16 bits per heavy atom. The largest absolute Gasteiger partial charge is 0.313 e. The summed E-state index contributed by atoms with van der Waals surface area (Å²) in [5.74, 6) is 0. The number of aromatic nitrogens is 2. The number of nitrogens with zero attached hydrogens (tertiary/aromatic N) is 2.